The van der Waals surface area contributed by atoms with E-state index in [9.17, 15) is 24.5 Å². The van der Waals surface area contributed by atoms with Gasteiger partial charge in [-0.1, -0.05) is 42.5 Å². The number of fused-ring (bicyclic) bond motifs is 2. The van der Waals surface area contributed by atoms with Crippen molar-refractivity contribution in [3.63, 3.8) is 0 Å². The van der Waals surface area contributed by atoms with Gasteiger partial charge in [-0.3, -0.25) is 24.5 Å². The molecule has 0 atom stereocenters. The van der Waals surface area contributed by atoms with E-state index in [1.807, 2.05) is 0 Å². The topological polar surface area (TPSA) is 106 Å². The minimum absolute atomic E-state index is 0.134. The van der Waals surface area contributed by atoms with Crippen molar-refractivity contribution in [3.05, 3.63) is 105 Å². The normalized spacial score (nSPS) is 12.1. The molecule has 0 aliphatic heterocycles. The Kier molecular flexibility index (Phi) is 4.48. The van der Waals surface area contributed by atoms with E-state index in [1.54, 1.807) is 30.3 Å². The third-order valence-corrected chi connectivity index (χ3v) is 4.75. The van der Waals surface area contributed by atoms with Crippen LogP contribution in [0, 0.1) is 10.1 Å². The van der Waals surface area contributed by atoms with E-state index in [0.717, 1.165) is 0 Å². The first-order valence-electron chi connectivity index (χ1n) is 8.80. The van der Waals surface area contributed by atoms with Gasteiger partial charge in [0.2, 0.25) is 5.91 Å². The lowest BCUT2D eigenvalue weighted by molar-refractivity contribution is -0.385. The highest BCUT2D eigenvalue weighted by Gasteiger charge is 2.29. The molecule has 0 radical (unpaired) electrons. The summed E-state index contributed by atoms with van der Waals surface area (Å²) in [5.74, 6) is -0.993. The van der Waals surface area contributed by atoms with Crippen molar-refractivity contribution in [3.8, 4) is 0 Å². The van der Waals surface area contributed by atoms with Gasteiger partial charge in [0.25, 0.3) is 5.69 Å². The molecule has 0 saturated carbocycles. The number of benzene rings is 3. The molecule has 1 N–H and O–H groups in total. The molecule has 3 aromatic carbocycles. The SMILES string of the molecule is O=C(Cc1ccccc1[N+](=O)[O-])Nc1ccc2c(c1)C(=O)c1ccccc1C2=O. The third-order valence-electron chi connectivity index (χ3n) is 4.75. The summed E-state index contributed by atoms with van der Waals surface area (Å²) in [6.45, 7) is 0. The predicted octanol–water partition coefficient (Wildman–Crippen LogP) is 3.55. The quantitative estimate of drug-likeness (QED) is 0.426. The Bertz CT molecular complexity index is 1200. The summed E-state index contributed by atoms with van der Waals surface area (Å²) in [6.07, 6.45) is -0.191. The number of nitrogens with zero attached hydrogens (tertiary/aromatic N) is 1. The first kappa shape index (κ1) is 18.2. The van der Waals surface area contributed by atoms with Crippen LogP contribution < -0.4 is 5.32 Å². The molecule has 0 bridgehead atoms. The Morgan fingerprint density at radius 2 is 1.41 bits per heavy atom. The number of anilines is 1. The predicted molar refractivity (Wildman–Crippen MR) is 105 cm³/mol. The van der Waals surface area contributed by atoms with Crippen LogP contribution in [0.4, 0.5) is 11.4 Å². The van der Waals surface area contributed by atoms with E-state index in [4.69, 9.17) is 0 Å². The number of ketones is 2. The van der Waals surface area contributed by atoms with Gasteiger partial charge >= 0.3 is 0 Å². The molecule has 3 aromatic rings. The van der Waals surface area contributed by atoms with E-state index >= 15 is 0 Å². The number of carbonyl (C=O) groups excluding carboxylic acids is 3. The molecular formula is C22H14N2O5. The summed E-state index contributed by atoms with van der Waals surface area (Å²) in [4.78, 5) is 48.3. The molecular weight excluding hydrogens is 372 g/mol. The van der Waals surface area contributed by atoms with Crippen molar-refractivity contribution in [2.75, 3.05) is 5.32 Å². The minimum atomic E-state index is -0.538. The Balaban J connectivity index is 1.59. The van der Waals surface area contributed by atoms with Gasteiger partial charge in [-0.05, 0) is 18.2 Å². The maximum Gasteiger partial charge on any atom is 0.273 e. The number of rotatable bonds is 4. The molecule has 1 amide bonds. The van der Waals surface area contributed by atoms with Crippen LogP contribution in [0.1, 0.15) is 37.4 Å². The Morgan fingerprint density at radius 1 is 0.828 bits per heavy atom. The number of nitrogens with one attached hydrogen (secondary N) is 1. The van der Waals surface area contributed by atoms with E-state index < -0.39 is 10.8 Å². The smallest absolute Gasteiger partial charge is 0.273 e. The second kappa shape index (κ2) is 7.12. The average Bonchev–Trinajstić information content (AvgIpc) is 2.72. The van der Waals surface area contributed by atoms with Gasteiger partial charge < -0.3 is 5.32 Å². The van der Waals surface area contributed by atoms with Crippen molar-refractivity contribution in [2.45, 2.75) is 6.42 Å². The fourth-order valence-electron chi connectivity index (χ4n) is 3.39. The van der Waals surface area contributed by atoms with E-state index in [0.29, 0.717) is 16.8 Å². The number of amides is 1. The number of hydrogen-bond acceptors (Lipinski definition) is 5. The van der Waals surface area contributed by atoms with Crippen LogP contribution in [-0.2, 0) is 11.2 Å². The highest BCUT2D eigenvalue weighted by molar-refractivity contribution is 6.28. The number of hydrogen-bond donors (Lipinski definition) is 1. The number of para-hydroxylation sites is 1. The van der Waals surface area contributed by atoms with Gasteiger partial charge in [-0.25, -0.2) is 0 Å². The van der Waals surface area contributed by atoms with Gasteiger partial charge in [0, 0.05) is 39.6 Å². The zero-order valence-electron chi connectivity index (χ0n) is 15.0. The summed E-state index contributed by atoms with van der Waals surface area (Å²) < 4.78 is 0. The molecule has 0 aromatic heterocycles. The summed E-state index contributed by atoms with van der Waals surface area (Å²) in [5.41, 5.74) is 1.68. The summed E-state index contributed by atoms with van der Waals surface area (Å²) >= 11 is 0. The van der Waals surface area contributed by atoms with Crippen LogP contribution in [0.15, 0.2) is 66.7 Å². The van der Waals surface area contributed by atoms with E-state index in [2.05, 4.69) is 5.32 Å². The fourth-order valence-corrected chi connectivity index (χ4v) is 3.39. The fraction of sp³-hybridized carbons (Fsp3) is 0.0455. The number of nitro benzene ring substituents is 1. The van der Waals surface area contributed by atoms with Gasteiger partial charge in [0.1, 0.15) is 0 Å². The zero-order valence-corrected chi connectivity index (χ0v) is 15.0. The van der Waals surface area contributed by atoms with Crippen LogP contribution in [0.5, 0.6) is 0 Å². The molecule has 0 heterocycles. The molecule has 0 fully saturated rings. The Hall–Kier alpha value is -4.13. The van der Waals surface area contributed by atoms with Crippen LogP contribution in [0.2, 0.25) is 0 Å². The molecule has 0 spiro atoms. The van der Waals surface area contributed by atoms with Crippen molar-refractivity contribution < 1.29 is 19.3 Å². The molecule has 29 heavy (non-hydrogen) atoms. The molecule has 7 nitrogen and oxygen atoms in total. The van der Waals surface area contributed by atoms with E-state index in [1.165, 1.54) is 36.4 Å². The van der Waals surface area contributed by atoms with Crippen LogP contribution in [-0.4, -0.2) is 22.4 Å². The maximum absolute atomic E-state index is 12.8. The number of carbonyl (C=O) groups is 3. The van der Waals surface area contributed by atoms with Crippen molar-refractivity contribution in [1.82, 2.24) is 0 Å². The Morgan fingerprint density at radius 3 is 2.10 bits per heavy atom. The lowest BCUT2D eigenvalue weighted by Gasteiger charge is -2.18. The Labute approximate surface area is 165 Å². The molecule has 7 heteroatoms. The van der Waals surface area contributed by atoms with Crippen LogP contribution >= 0.6 is 0 Å². The second-order valence-corrected chi connectivity index (χ2v) is 6.57. The summed E-state index contributed by atoms with van der Waals surface area (Å²) in [5, 5.41) is 13.7. The molecule has 4 rings (SSSR count). The van der Waals surface area contributed by atoms with Crippen LogP contribution in [0.25, 0.3) is 0 Å². The standard InChI is InChI=1S/C22H14N2O5/c25-20(11-13-5-1-4-8-19(13)24(28)29)23-14-9-10-17-18(12-14)22(27)16-7-3-2-6-15(16)21(17)26/h1-10,12H,11H2,(H,23,25). The minimum Gasteiger partial charge on any atom is -0.326 e. The molecule has 0 unspecified atom stereocenters. The van der Waals surface area contributed by atoms with Crippen molar-refractivity contribution in [2.24, 2.45) is 0 Å². The lowest BCUT2D eigenvalue weighted by Crippen LogP contribution is -2.21. The molecule has 0 saturated heterocycles. The zero-order chi connectivity index (χ0) is 20.5. The summed E-state index contributed by atoms with van der Waals surface area (Å²) in [7, 11) is 0. The highest BCUT2D eigenvalue weighted by Crippen LogP contribution is 2.29. The lowest BCUT2D eigenvalue weighted by atomic mass is 9.84. The highest BCUT2D eigenvalue weighted by atomic mass is 16.6. The van der Waals surface area contributed by atoms with E-state index in [-0.39, 0.29) is 40.4 Å². The van der Waals surface area contributed by atoms with Crippen molar-refractivity contribution in [1.29, 1.82) is 0 Å². The molecule has 1 aliphatic rings. The first-order chi connectivity index (χ1) is 14.0. The van der Waals surface area contributed by atoms with Gasteiger partial charge in [-0.2, -0.15) is 0 Å². The summed E-state index contributed by atoms with van der Waals surface area (Å²) in [6, 6.07) is 17.1. The first-order valence-corrected chi connectivity index (χ1v) is 8.80. The van der Waals surface area contributed by atoms with Crippen LogP contribution in [0.3, 0.4) is 0 Å². The maximum atomic E-state index is 12.8. The molecule has 1 aliphatic carbocycles. The largest absolute Gasteiger partial charge is 0.326 e. The van der Waals surface area contributed by atoms with Gasteiger partial charge in [0.05, 0.1) is 11.3 Å². The van der Waals surface area contributed by atoms with Crippen molar-refractivity contribution >= 4 is 28.8 Å². The third kappa shape index (κ3) is 3.29. The average molecular weight is 386 g/mol. The monoisotopic (exact) mass is 386 g/mol. The molecule has 142 valence electrons. The van der Waals surface area contributed by atoms with Gasteiger partial charge in [0.15, 0.2) is 11.6 Å². The van der Waals surface area contributed by atoms with Gasteiger partial charge in [-0.15, -0.1) is 0 Å². The second-order valence-electron chi connectivity index (χ2n) is 6.57. The number of nitro groups is 1.